The molecule has 2 aromatic carbocycles. The molecule has 0 aromatic heterocycles. The molecule has 1 aliphatic rings. The molecule has 0 fully saturated rings. The van der Waals surface area contributed by atoms with Crippen LogP contribution in [-0.4, -0.2) is 13.1 Å². The number of benzene rings is 2. The van der Waals surface area contributed by atoms with E-state index in [-0.39, 0.29) is 6.79 Å². The topological polar surface area (TPSA) is 35.5 Å². The molecule has 3 heteroatoms. The minimum absolute atomic E-state index is 0.281. The number of carbonyl (C=O) groups is 1. The van der Waals surface area contributed by atoms with Crippen molar-refractivity contribution in [3.8, 4) is 22.6 Å². The van der Waals surface area contributed by atoms with Gasteiger partial charge in [-0.25, -0.2) is 0 Å². The quantitative estimate of drug-likeness (QED) is 0.756. The Bertz CT molecular complexity index is 600. The van der Waals surface area contributed by atoms with E-state index in [9.17, 15) is 4.79 Å². The van der Waals surface area contributed by atoms with Crippen LogP contribution in [0.5, 0.6) is 11.5 Å². The van der Waals surface area contributed by atoms with Crippen LogP contribution in [0, 0.1) is 6.92 Å². The van der Waals surface area contributed by atoms with Crippen molar-refractivity contribution in [3.63, 3.8) is 0 Å². The van der Waals surface area contributed by atoms with Crippen LogP contribution in [0.2, 0.25) is 0 Å². The first-order valence-corrected chi connectivity index (χ1v) is 5.74. The van der Waals surface area contributed by atoms with Crippen molar-refractivity contribution >= 4 is 6.29 Å². The monoisotopic (exact) mass is 240 g/mol. The van der Waals surface area contributed by atoms with Crippen molar-refractivity contribution in [1.29, 1.82) is 0 Å². The molecule has 0 saturated heterocycles. The fourth-order valence-corrected chi connectivity index (χ4v) is 2.11. The van der Waals surface area contributed by atoms with Crippen LogP contribution >= 0.6 is 0 Å². The van der Waals surface area contributed by atoms with Gasteiger partial charge in [-0.3, -0.25) is 4.79 Å². The summed E-state index contributed by atoms with van der Waals surface area (Å²) in [5.41, 5.74) is 3.85. The van der Waals surface area contributed by atoms with Gasteiger partial charge in [0.05, 0.1) is 0 Å². The molecule has 3 rings (SSSR count). The van der Waals surface area contributed by atoms with E-state index in [1.54, 1.807) is 0 Å². The Morgan fingerprint density at radius 3 is 2.56 bits per heavy atom. The fraction of sp³-hybridized carbons (Fsp3) is 0.133. The standard InChI is InChI=1S/C15H12O3/c1-10-6-13(7-14-15(10)18-9-17-14)12-4-2-11(8-16)3-5-12/h2-8H,9H2,1H3. The van der Waals surface area contributed by atoms with Gasteiger partial charge in [-0.05, 0) is 35.7 Å². The smallest absolute Gasteiger partial charge is 0.231 e. The molecule has 0 N–H and O–H groups in total. The van der Waals surface area contributed by atoms with Crippen molar-refractivity contribution in [2.75, 3.05) is 6.79 Å². The lowest BCUT2D eigenvalue weighted by molar-refractivity contribution is 0.112. The zero-order chi connectivity index (χ0) is 12.5. The molecule has 1 heterocycles. The predicted octanol–water partition coefficient (Wildman–Crippen LogP) is 3.20. The number of rotatable bonds is 2. The zero-order valence-electron chi connectivity index (χ0n) is 9.97. The Morgan fingerprint density at radius 2 is 1.83 bits per heavy atom. The predicted molar refractivity (Wildman–Crippen MR) is 68.1 cm³/mol. The second kappa shape index (κ2) is 4.18. The molecule has 0 bridgehead atoms. The van der Waals surface area contributed by atoms with E-state index in [4.69, 9.17) is 9.47 Å². The Kier molecular flexibility index (Phi) is 2.52. The second-order valence-electron chi connectivity index (χ2n) is 4.27. The average Bonchev–Trinajstić information content (AvgIpc) is 2.88. The molecule has 0 spiro atoms. The maximum atomic E-state index is 10.6. The van der Waals surface area contributed by atoms with Crippen LogP contribution in [0.4, 0.5) is 0 Å². The summed E-state index contributed by atoms with van der Waals surface area (Å²) in [6.45, 7) is 2.28. The van der Waals surface area contributed by atoms with Gasteiger partial charge in [-0.15, -0.1) is 0 Å². The van der Waals surface area contributed by atoms with E-state index in [2.05, 4.69) is 6.07 Å². The largest absolute Gasteiger partial charge is 0.454 e. The lowest BCUT2D eigenvalue weighted by atomic mass is 10.0. The highest BCUT2D eigenvalue weighted by atomic mass is 16.7. The van der Waals surface area contributed by atoms with Crippen molar-refractivity contribution < 1.29 is 14.3 Å². The van der Waals surface area contributed by atoms with Crippen molar-refractivity contribution in [2.24, 2.45) is 0 Å². The highest BCUT2D eigenvalue weighted by Gasteiger charge is 2.17. The average molecular weight is 240 g/mol. The van der Waals surface area contributed by atoms with Crippen LogP contribution in [-0.2, 0) is 0 Å². The van der Waals surface area contributed by atoms with Gasteiger partial charge in [-0.2, -0.15) is 0 Å². The molecule has 0 radical (unpaired) electrons. The number of ether oxygens (including phenoxy) is 2. The van der Waals surface area contributed by atoms with E-state index in [1.165, 1.54) is 0 Å². The minimum atomic E-state index is 0.281. The minimum Gasteiger partial charge on any atom is -0.454 e. The lowest BCUT2D eigenvalue weighted by Gasteiger charge is -2.06. The summed E-state index contributed by atoms with van der Waals surface area (Å²) in [5.74, 6) is 1.60. The molecule has 0 atom stereocenters. The van der Waals surface area contributed by atoms with Gasteiger partial charge in [0.15, 0.2) is 11.5 Å². The van der Waals surface area contributed by atoms with Gasteiger partial charge in [0, 0.05) is 5.56 Å². The molecular weight excluding hydrogens is 228 g/mol. The van der Waals surface area contributed by atoms with Gasteiger partial charge in [0.1, 0.15) is 6.29 Å². The Balaban J connectivity index is 2.06. The first-order valence-electron chi connectivity index (χ1n) is 5.74. The van der Waals surface area contributed by atoms with E-state index < -0.39 is 0 Å². The summed E-state index contributed by atoms with van der Waals surface area (Å²) in [7, 11) is 0. The fourth-order valence-electron chi connectivity index (χ4n) is 2.11. The number of aryl methyl sites for hydroxylation is 1. The molecule has 0 aliphatic carbocycles. The maximum absolute atomic E-state index is 10.6. The maximum Gasteiger partial charge on any atom is 0.231 e. The molecule has 0 unspecified atom stereocenters. The third-order valence-electron chi connectivity index (χ3n) is 3.04. The van der Waals surface area contributed by atoms with Gasteiger partial charge in [0.25, 0.3) is 0 Å². The first-order chi connectivity index (χ1) is 8.78. The molecule has 2 aromatic rings. The third-order valence-corrected chi connectivity index (χ3v) is 3.04. The summed E-state index contributed by atoms with van der Waals surface area (Å²) in [5, 5.41) is 0. The van der Waals surface area contributed by atoms with Crippen molar-refractivity contribution in [2.45, 2.75) is 6.92 Å². The number of hydrogen-bond acceptors (Lipinski definition) is 3. The van der Waals surface area contributed by atoms with Gasteiger partial charge < -0.3 is 9.47 Å². The van der Waals surface area contributed by atoms with Gasteiger partial charge in [-0.1, -0.05) is 24.3 Å². The highest BCUT2D eigenvalue weighted by molar-refractivity contribution is 5.77. The van der Waals surface area contributed by atoms with Crippen LogP contribution in [0.3, 0.4) is 0 Å². The van der Waals surface area contributed by atoms with E-state index >= 15 is 0 Å². The molecule has 18 heavy (non-hydrogen) atoms. The number of aldehydes is 1. The van der Waals surface area contributed by atoms with Gasteiger partial charge in [0.2, 0.25) is 6.79 Å². The SMILES string of the molecule is Cc1cc(-c2ccc(C=O)cc2)cc2c1OCO2. The molecule has 0 amide bonds. The molecule has 90 valence electrons. The molecular formula is C15H12O3. The van der Waals surface area contributed by atoms with Crippen molar-refractivity contribution in [3.05, 3.63) is 47.5 Å². The van der Waals surface area contributed by atoms with Crippen molar-refractivity contribution in [1.82, 2.24) is 0 Å². The molecule has 3 nitrogen and oxygen atoms in total. The summed E-state index contributed by atoms with van der Waals surface area (Å²) in [4.78, 5) is 10.6. The molecule has 0 saturated carbocycles. The number of hydrogen-bond donors (Lipinski definition) is 0. The van der Waals surface area contributed by atoms with Crippen LogP contribution in [0.25, 0.3) is 11.1 Å². The highest BCUT2D eigenvalue weighted by Crippen LogP contribution is 2.39. The summed E-state index contributed by atoms with van der Waals surface area (Å²) >= 11 is 0. The Labute approximate surface area is 105 Å². The summed E-state index contributed by atoms with van der Waals surface area (Å²) < 4.78 is 10.8. The van der Waals surface area contributed by atoms with Crippen LogP contribution in [0.1, 0.15) is 15.9 Å². The van der Waals surface area contributed by atoms with E-state index in [0.29, 0.717) is 5.56 Å². The lowest BCUT2D eigenvalue weighted by Crippen LogP contribution is -1.93. The zero-order valence-corrected chi connectivity index (χ0v) is 9.97. The van der Waals surface area contributed by atoms with Crippen LogP contribution < -0.4 is 9.47 Å². The van der Waals surface area contributed by atoms with Crippen LogP contribution in [0.15, 0.2) is 36.4 Å². The van der Waals surface area contributed by atoms with Gasteiger partial charge >= 0.3 is 0 Å². The summed E-state index contributed by atoms with van der Waals surface area (Å²) in [6.07, 6.45) is 0.842. The normalized spacial score (nSPS) is 12.5. The van der Waals surface area contributed by atoms with E-state index in [0.717, 1.165) is 34.5 Å². The first kappa shape index (κ1) is 10.8. The number of fused-ring (bicyclic) bond motifs is 1. The second-order valence-corrected chi connectivity index (χ2v) is 4.27. The Hall–Kier alpha value is -2.29. The van der Waals surface area contributed by atoms with E-state index in [1.807, 2.05) is 37.3 Å². The third kappa shape index (κ3) is 1.74. The Morgan fingerprint density at radius 1 is 1.06 bits per heavy atom. The molecule has 1 aliphatic heterocycles. The summed E-state index contributed by atoms with van der Waals surface area (Å²) in [6, 6.07) is 11.5. The number of carbonyl (C=O) groups excluding carboxylic acids is 1.